The van der Waals surface area contributed by atoms with E-state index in [1.165, 1.54) is 0 Å². The van der Waals surface area contributed by atoms with Crippen LogP contribution < -0.4 is 0 Å². The Kier molecular flexibility index (Phi) is 0.354. The highest BCUT2D eigenvalue weighted by Gasteiger charge is 1.94. The third kappa shape index (κ3) is 1.94. The van der Waals surface area contributed by atoms with E-state index in [0.29, 0.717) is 0 Å². The van der Waals surface area contributed by atoms with Crippen molar-refractivity contribution in [2.75, 3.05) is 0 Å². The Morgan fingerprint density at radius 2 is 2.33 bits per heavy atom. The second-order valence-corrected chi connectivity index (χ2v) is 1.04. The Balaban J connectivity index is 4.82. The van der Waals surface area contributed by atoms with Gasteiger partial charge < -0.3 is 0 Å². The molecule has 0 aliphatic heterocycles. The Morgan fingerprint density at radius 3 is 2.33 bits per heavy atom. The number of ketones is 1. The van der Waals surface area contributed by atoms with E-state index in [0.717, 1.165) is 6.92 Å². The van der Waals surface area contributed by atoms with Crippen molar-refractivity contribution in [2.45, 2.75) is 20.6 Å². The highest BCUT2D eigenvalue weighted by molar-refractivity contribution is 5.77. The summed E-state index contributed by atoms with van der Waals surface area (Å²) in [7, 11) is 0. The molecule has 0 aromatic rings. The van der Waals surface area contributed by atoms with Gasteiger partial charge in [-0.15, -0.1) is 0 Å². The van der Waals surface area contributed by atoms with E-state index in [9.17, 15) is 4.79 Å². The van der Waals surface area contributed by atoms with Crippen molar-refractivity contribution in [2.24, 2.45) is 5.92 Å². The first-order valence-electron chi connectivity index (χ1n) is 4.57. The van der Waals surface area contributed by atoms with Crippen LogP contribution in [0, 0.1) is 5.92 Å². The summed E-state index contributed by atoms with van der Waals surface area (Å²) in [5, 5.41) is 0. The lowest BCUT2D eigenvalue weighted by atomic mass is 10.1. The van der Waals surface area contributed by atoms with Gasteiger partial charge in [0.1, 0.15) is 5.78 Å². The molecular formula is C5H10O. The van der Waals surface area contributed by atoms with Gasteiger partial charge in [-0.25, -0.2) is 0 Å². The minimum atomic E-state index is -2.74. The van der Waals surface area contributed by atoms with Crippen LogP contribution in [0.5, 0.6) is 0 Å². The predicted molar refractivity (Wildman–Crippen MR) is 25.5 cm³/mol. The summed E-state index contributed by atoms with van der Waals surface area (Å²) in [4.78, 5) is 10.7. The van der Waals surface area contributed by atoms with Gasteiger partial charge in [-0.3, -0.25) is 4.79 Å². The van der Waals surface area contributed by atoms with E-state index in [1.54, 1.807) is 0 Å². The summed E-state index contributed by atoms with van der Waals surface area (Å²) >= 11 is 0. The van der Waals surface area contributed by atoms with E-state index in [2.05, 4.69) is 0 Å². The van der Waals surface area contributed by atoms with Crippen molar-refractivity contribution in [1.82, 2.24) is 0 Å². The van der Waals surface area contributed by atoms with Crippen LogP contribution in [0.3, 0.4) is 0 Å². The van der Waals surface area contributed by atoms with Gasteiger partial charge in [0.05, 0.1) is 0 Å². The molecule has 0 heterocycles. The molecule has 0 aliphatic carbocycles. The maximum absolute atomic E-state index is 10.7. The lowest BCUT2D eigenvalue weighted by Crippen LogP contribution is -1.98. The van der Waals surface area contributed by atoms with Crippen molar-refractivity contribution in [3.05, 3.63) is 0 Å². The summed E-state index contributed by atoms with van der Waals surface area (Å²) in [6.45, 7) is -4.50. The van der Waals surface area contributed by atoms with Gasteiger partial charge in [0.2, 0.25) is 0 Å². The van der Waals surface area contributed by atoms with Gasteiger partial charge >= 0.3 is 0 Å². The molecule has 0 saturated carbocycles. The van der Waals surface area contributed by atoms with Crippen LogP contribution in [0.2, 0.25) is 0 Å². The fourth-order valence-electron chi connectivity index (χ4n) is 0. The molecule has 36 valence electrons. The fourth-order valence-corrected chi connectivity index (χ4v) is 0. The van der Waals surface area contributed by atoms with E-state index in [4.69, 9.17) is 8.22 Å². The first-order chi connectivity index (χ1) is 5.07. The van der Waals surface area contributed by atoms with Crippen LogP contribution in [0.15, 0.2) is 0 Å². The lowest BCUT2D eigenvalue weighted by molar-refractivity contribution is -0.119. The molecule has 0 atom stereocenters. The molecule has 0 aromatic carbocycles. The average Bonchev–Trinajstić information content (AvgIpc) is 1.49. The zero-order valence-electron chi connectivity index (χ0n) is 9.49. The van der Waals surface area contributed by atoms with E-state index in [-0.39, 0.29) is 0 Å². The normalized spacial score (nSPS) is 28.3. The standard InChI is InChI=1S/C5H10O/c1-4(2)5(3)6/h4H,1-3H3/i1D3,2D3. The monoisotopic (exact) mass is 92.1 g/mol. The third-order valence-corrected chi connectivity index (χ3v) is 0.407. The van der Waals surface area contributed by atoms with Crippen LogP contribution in [0.4, 0.5) is 0 Å². The van der Waals surface area contributed by atoms with Gasteiger partial charge in [-0.1, -0.05) is 13.7 Å². The van der Waals surface area contributed by atoms with Crippen molar-refractivity contribution in [3.63, 3.8) is 0 Å². The fraction of sp³-hybridized carbons (Fsp3) is 0.800. The molecular weight excluding hydrogens is 76.1 g/mol. The topological polar surface area (TPSA) is 17.1 Å². The lowest BCUT2D eigenvalue weighted by Gasteiger charge is -1.90. The molecule has 0 amide bonds. The first-order valence-corrected chi connectivity index (χ1v) is 1.57. The van der Waals surface area contributed by atoms with Crippen molar-refractivity contribution < 1.29 is 13.0 Å². The summed E-state index contributed by atoms with van der Waals surface area (Å²) in [5.41, 5.74) is 0. The maximum Gasteiger partial charge on any atom is 0.132 e. The van der Waals surface area contributed by atoms with Gasteiger partial charge in [0.15, 0.2) is 0 Å². The molecule has 0 N–H and O–H groups in total. The molecule has 0 saturated heterocycles. The van der Waals surface area contributed by atoms with Crippen LogP contribution in [0.1, 0.15) is 28.9 Å². The zero-order valence-corrected chi connectivity index (χ0v) is 3.49. The molecule has 1 nitrogen and oxygen atoms in total. The van der Waals surface area contributed by atoms with Crippen LogP contribution in [0.25, 0.3) is 0 Å². The van der Waals surface area contributed by atoms with Crippen LogP contribution in [-0.4, -0.2) is 5.78 Å². The van der Waals surface area contributed by atoms with E-state index in [1.807, 2.05) is 0 Å². The Bertz CT molecular complexity index is 163. The quantitative estimate of drug-likeness (QED) is 0.475. The molecule has 0 radical (unpaired) electrons. The summed E-state index contributed by atoms with van der Waals surface area (Å²) in [6.07, 6.45) is 0. The molecule has 1 heteroatoms. The number of hydrogen-bond donors (Lipinski definition) is 0. The molecule has 0 aliphatic rings. The second kappa shape index (κ2) is 1.96. The largest absolute Gasteiger partial charge is 0.300 e. The van der Waals surface area contributed by atoms with Gasteiger partial charge in [-0.05, 0) is 6.92 Å². The molecule has 0 fully saturated rings. The van der Waals surface area contributed by atoms with Crippen molar-refractivity contribution in [1.29, 1.82) is 0 Å². The Hall–Kier alpha value is -0.330. The first kappa shape index (κ1) is 1.09. The highest BCUT2D eigenvalue weighted by Crippen LogP contribution is 1.89. The number of carbonyl (C=O) groups excluding carboxylic acids is 1. The van der Waals surface area contributed by atoms with E-state index < -0.39 is 25.4 Å². The van der Waals surface area contributed by atoms with Crippen LogP contribution >= 0.6 is 0 Å². The molecule has 6 heavy (non-hydrogen) atoms. The van der Waals surface area contributed by atoms with Gasteiger partial charge in [-0.2, -0.15) is 0 Å². The third-order valence-electron chi connectivity index (χ3n) is 0.407. The van der Waals surface area contributed by atoms with Gasteiger partial charge in [0.25, 0.3) is 0 Å². The number of rotatable bonds is 1. The summed E-state index contributed by atoms with van der Waals surface area (Å²) in [5.74, 6) is -2.68. The summed E-state index contributed by atoms with van der Waals surface area (Å²) < 4.78 is 41.0. The molecule has 0 bridgehead atoms. The maximum atomic E-state index is 10.7. The smallest absolute Gasteiger partial charge is 0.132 e. The minimum Gasteiger partial charge on any atom is -0.300 e. The Labute approximate surface area is 46.8 Å². The van der Waals surface area contributed by atoms with Crippen molar-refractivity contribution >= 4 is 5.78 Å². The number of carbonyl (C=O) groups is 1. The van der Waals surface area contributed by atoms with E-state index >= 15 is 0 Å². The second-order valence-electron chi connectivity index (χ2n) is 1.04. The molecule has 0 spiro atoms. The average molecular weight is 92.2 g/mol. The molecule has 0 unspecified atom stereocenters. The minimum absolute atomic E-state index is 0.824. The number of Topliss-reactive ketones (excluding diaryl/α,β-unsaturated/α-hetero) is 1. The van der Waals surface area contributed by atoms with Gasteiger partial charge in [0, 0.05) is 14.1 Å². The summed E-state index contributed by atoms with van der Waals surface area (Å²) in [6, 6.07) is 0. The van der Waals surface area contributed by atoms with Crippen molar-refractivity contribution in [3.8, 4) is 0 Å². The molecule has 0 aromatic heterocycles. The van der Waals surface area contributed by atoms with Crippen LogP contribution in [-0.2, 0) is 4.79 Å². The zero-order chi connectivity index (χ0) is 10.2. The SMILES string of the molecule is [2H]C([2H])([2H])C(C(C)=O)C([2H])([2H])[2H]. The predicted octanol–water partition coefficient (Wildman–Crippen LogP) is 1.23. The highest BCUT2D eigenvalue weighted by atomic mass is 16.1. The Morgan fingerprint density at radius 1 is 1.83 bits per heavy atom. The molecule has 0 rings (SSSR count). The number of hydrogen-bond acceptors (Lipinski definition) is 1.